The van der Waals surface area contributed by atoms with Crippen molar-refractivity contribution in [1.82, 2.24) is 0 Å². The van der Waals surface area contributed by atoms with E-state index in [1.807, 2.05) is 12.2 Å². The Bertz CT molecular complexity index is 1470. The summed E-state index contributed by atoms with van der Waals surface area (Å²) in [5.74, 6) is 2.03. The topological polar surface area (TPSA) is 24.9 Å². The van der Waals surface area contributed by atoms with E-state index in [0.717, 1.165) is 49.5 Å². The summed E-state index contributed by atoms with van der Waals surface area (Å²) in [5.41, 5.74) is 7.58. The molecule has 1 saturated heterocycles. The van der Waals surface area contributed by atoms with Crippen molar-refractivity contribution >= 4 is 37.8 Å². The van der Waals surface area contributed by atoms with E-state index in [1.54, 1.807) is 0 Å². The van der Waals surface area contributed by atoms with Gasteiger partial charge in [-0.2, -0.15) is 0 Å². The minimum absolute atomic E-state index is 0.643. The molecule has 1 aliphatic rings. The Morgan fingerprint density at radius 1 is 0.587 bits per heavy atom. The second-order valence-corrected chi connectivity index (χ2v) is 16.1. The lowest BCUT2D eigenvalue weighted by molar-refractivity contribution is 0.342. The van der Waals surface area contributed by atoms with E-state index in [1.165, 1.54) is 44.2 Å². The maximum atomic E-state index is 6.35. The quantitative estimate of drug-likeness (QED) is 0.113. The Morgan fingerprint density at radius 2 is 0.957 bits per heavy atom. The summed E-state index contributed by atoms with van der Waals surface area (Å²) in [6.07, 6.45) is 9.37. The van der Waals surface area contributed by atoms with E-state index < -0.39 is 15.8 Å². The molecular weight excluding hydrogens is 602 g/mol. The fraction of sp³-hybridized carbons (Fsp3) is 0.300. The third-order valence-electron chi connectivity index (χ3n) is 8.25. The van der Waals surface area contributed by atoms with E-state index >= 15 is 0 Å². The van der Waals surface area contributed by atoms with Crippen LogP contribution in [0.5, 0.6) is 11.5 Å². The van der Waals surface area contributed by atoms with Crippen molar-refractivity contribution in [2.24, 2.45) is 0 Å². The lowest BCUT2D eigenvalue weighted by Crippen LogP contribution is -2.38. The van der Waals surface area contributed by atoms with Gasteiger partial charge in [0.2, 0.25) is 0 Å². The monoisotopic (exact) mass is 650 g/mol. The van der Waals surface area contributed by atoms with Crippen LogP contribution in [0.2, 0.25) is 0 Å². The summed E-state index contributed by atoms with van der Waals surface area (Å²) in [7, 11) is -1.30. The zero-order valence-corrected chi connectivity index (χ0v) is 29.7. The van der Waals surface area contributed by atoms with Gasteiger partial charge in [0.1, 0.15) is 11.5 Å². The number of rotatable bonds is 12. The Kier molecular flexibility index (Phi) is 12.0. The lowest BCUT2D eigenvalue weighted by atomic mass is 10.1. The Labute approximate surface area is 279 Å². The first-order valence-electron chi connectivity index (χ1n) is 16.3. The van der Waals surface area contributed by atoms with E-state index in [0.29, 0.717) is 13.2 Å². The molecule has 46 heavy (non-hydrogen) atoms. The number of allylic oxidation sites excluding steroid dienone is 2. The van der Waals surface area contributed by atoms with Crippen molar-refractivity contribution in [3.8, 4) is 11.5 Å². The normalized spacial score (nSPS) is 16.8. The van der Waals surface area contributed by atoms with Crippen LogP contribution in [0.25, 0.3) is 0 Å². The molecule has 0 saturated carbocycles. The molecule has 0 bridgehead atoms. The molecule has 5 rings (SSSR count). The third-order valence-corrected chi connectivity index (χ3v) is 13.1. The van der Waals surface area contributed by atoms with Gasteiger partial charge in [-0.25, -0.2) is 0 Å². The van der Waals surface area contributed by atoms with E-state index in [9.17, 15) is 0 Å². The van der Waals surface area contributed by atoms with Gasteiger partial charge in [-0.05, 0) is 104 Å². The van der Waals surface area contributed by atoms with Gasteiger partial charge in [-0.1, -0.05) is 71.8 Å². The van der Waals surface area contributed by atoms with Crippen molar-refractivity contribution in [3.63, 3.8) is 0 Å². The molecule has 0 atom stereocenters. The molecular formula is C40H48N2O2P2. The van der Waals surface area contributed by atoms with Crippen molar-refractivity contribution < 1.29 is 9.47 Å². The molecule has 6 heteroatoms. The molecule has 4 aromatic rings. The number of benzene rings is 4. The molecule has 0 aliphatic carbocycles. The van der Waals surface area contributed by atoms with Crippen molar-refractivity contribution in [1.29, 1.82) is 0 Å². The zero-order chi connectivity index (χ0) is 32.5. The number of aryl methyl sites for hydroxylation is 2. The Hall–Kier alpha value is -3.58. The second kappa shape index (κ2) is 16.3. The fourth-order valence-corrected chi connectivity index (χ4v) is 11.2. The average Bonchev–Trinajstić information content (AvgIpc) is 3.04. The molecule has 0 aromatic heterocycles. The first-order chi connectivity index (χ1) is 22.4. The fourth-order valence-electron chi connectivity index (χ4n) is 5.91. The lowest BCUT2D eigenvalue weighted by Gasteiger charge is -2.42. The predicted molar refractivity (Wildman–Crippen MR) is 203 cm³/mol. The van der Waals surface area contributed by atoms with Crippen molar-refractivity contribution in [3.05, 3.63) is 132 Å². The van der Waals surface area contributed by atoms with Crippen LogP contribution in [0.1, 0.15) is 36.1 Å². The number of anilines is 2. The number of nitrogens with zero attached hydrogens (tertiary/aromatic N) is 2. The van der Waals surface area contributed by atoms with Crippen LogP contribution in [0.15, 0.2) is 110 Å². The average molecular weight is 651 g/mol. The Balaban J connectivity index is 1.63. The second-order valence-electron chi connectivity index (χ2n) is 11.9. The summed E-state index contributed by atoms with van der Waals surface area (Å²) in [6.45, 7) is 17.7. The highest BCUT2D eigenvalue weighted by Gasteiger charge is 2.31. The summed E-state index contributed by atoms with van der Waals surface area (Å²) in [4.78, 5) is 5.29. The highest BCUT2D eigenvalue weighted by molar-refractivity contribution is 7.68. The largest absolute Gasteiger partial charge is 0.493 e. The first kappa shape index (κ1) is 33.8. The summed E-state index contributed by atoms with van der Waals surface area (Å²) < 4.78 is 12.7. The summed E-state index contributed by atoms with van der Waals surface area (Å²) >= 11 is 0. The van der Waals surface area contributed by atoms with Crippen LogP contribution in [0.4, 0.5) is 11.4 Å². The summed E-state index contributed by atoms with van der Waals surface area (Å²) in [5, 5.41) is 2.66. The van der Waals surface area contributed by atoms with Gasteiger partial charge in [0.15, 0.2) is 0 Å². The van der Waals surface area contributed by atoms with Gasteiger partial charge in [0, 0.05) is 47.1 Å². The maximum Gasteiger partial charge on any atom is 0.127 e. The molecule has 240 valence electrons. The standard InChI is InChI=1S/C40H48N2O2P2/c1-7-11-33-17-23-39(37(25-33)43-9-3)45-27-41(35-19-13-31(5)14-20-35)29-46(30-42(28-45)36-21-15-32(6)16-22-36)40-24-18-34(12-8-2)26-38(40)44-10-4/h7-8,13-26H,1-2,9-12,27-30H2,3-6H3. The highest BCUT2D eigenvalue weighted by Crippen LogP contribution is 2.50. The molecule has 1 fully saturated rings. The van der Waals surface area contributed by atoms with Gasteiger partial charge >= 0.3 is 0 Å². The zero-order valence-electron chi connectivity index (χ0n) is 27.9. The van der Waals surface area contributed by atoms with Crippen LogP contribution in [-0.2, 0) is 12.8 Å². The summed E-state index contributed by atoms with van der Waals surface area (Å²) in [6, 6.07) is 31.8. The molecule has 0 radical (unpaired) electrons. The first-order valence-corrected chi connectivity index (χ1v) is 19.7. The van der Waals surface area contributed by atoms with Gasteiger partial charge in [0.05, 0.1) is 13.2 Å². The SMILES string of the molecule is C=CCc1ccc(P2CN(c3ccc(C)cc3)CP(c3ccc(CC=C)cc3OCC)CN(c3ccc(C)cc3)C2)c(OCC)c1. The van der Waals surface area contributed by atoms with Crippen LogP contribution in [-0.4, -0.2) is 38.4 Å². The van der Waals surface area contributed by atoms with Gasteiger partial charge in [-0.15, -0.1) is 13.2 Å². The third kappa shape index (κ3) is 8.41. The predicted octanol–water partition coefficient (Wildman–Crippen LogP) is 9.33. The number of hydrogen-bond donors (Lipinski definition) is 0. The molecule has 1 heterocycles. The molecule has 0 N–H and O–H groups in total. The molecule has 4 nitrogen and oxygen atoms in total. The van der Waals surface area contributed by atoms with Gasteiger partial charge < -0.3 is 19.3 Å². The minimum Gasteiger partial charge on any atom is -0.493 e. The van der Waals surface area contributed by atoms with Crippen LogP contribution >= 0.6 is 15.8 Å². The minimum atomic E-state index is -0.649. The van der Waals surface area contributed by atoms with Gasteiger partial charge in [-0.3, -0.25) is 0 Å². The van der Waals surface area contributed by atoms with E-state index in [-0.39, 0.29) is 0 Å². The van der Waals surface area contributed by atoms with Crippen molar-refractivity contribution in [2.75, 3.05) is 48.2 Å². The number of hydrogen-bond acceptors (Lipinski definition) is 4. The molecule has 0 spiro atoms. The van der Waals surface area contributed by atoms with Crippen LogP contribution in [0, 0.1) is 13.8 Å². The highest BCUT2D eigenvalue weighted by atomic mass is 31.1. The molecule has 0 unspecified atom stereocenters. The van der Waals surface area contributed by atoms with E-state index in [4.69, 9.17) is 9.47 Å². The molecule has 0 amide bonds. The van der Waals surface area contributed by atoms with E-state index in [2.05, 4.69) is 136 Å². The van der Waals surface area contributed by atoms with Gasteiger partial charge in [0.25, 0.3) is 0 Å². The molecule has 1 aliphatic heterocycles. The van der Waals surface area contributed by atoms with Crippen LogP contribution in [0.3, 0.4) is 0 Å². The van der Waals surface area contributed by atoms with Crippen molar-refractivity contribution in [2.45, 2.75) is 40.5 Å². The Morgan fingerprint density at radius 3 is 1.28 bits per heavy atom. The molecule has 4 aromatic carbocycles. The number of ether oxygens (including phenoxy) is 2. The van der Waals surface area contributed by atoms with Crippen LogP contribution < -0.4 is 29.9 Å². The maximum absolute atomic E-state index is 6.35. The smallest absolute Gasteiger partial charge is 0.127 e.